The lowest BCUT2D eigenvalue weighted by Gasteiger charge is -2.61. The Hall–Kier alpha value is -1.22. The molecule has 0 aromatic rings. The van der Waals surface area contributed by atoms with Crippen molar-refractivity contribution in [1.29, 1.82) is 0 Å². The minimum absolute atomic E-state index is 0.0441. The van der Waals surface area contributed by atoms with Crippen molar-refractivity contribution in [3.8, 4) is 0 Å². The van der Waals surface area contributed by atoms with Crippen LogP contribution in [0.15, 0.2) is 0 Å². The quantitative estimate of drug-likeness (QED) is 0.446. The molecule has 4 saturated carbocycles. The lowest BCUT2D eigenvalue weighted by Crippen LogP contribution is -2.56. The molecule has 0 bridgehead atoms. The largest absolute Gasteiger partial charge is 0.395 e. The maximum Gasteiger partial charge on any atom is 0.232 e. The number of aliphatic hydroxyl groups is 1. The zero-order chi connectivity index (χ0) is 30.9. The Bertz CT molecular complexity index is 1090. The fourth-order valence-electron chi connectivity index (χ4n) is 12.3. The van der Waals surface area contributed by atoms with Crippen molar-refractivity contribution >= 4 is 11.8 Å². The number of hydrogen-bond acceptors (Lipinski definition) is 6. The van der Waals surface area contributed by atoms with E-state index in [-0.39, 0.29) is 36.7 Å². The Morgan fingerprint density at radius 3 is 2.41 bits per heavy atom. The molecule has 7 aliphatic rings. The molecule has 248 valence electrons. The summed E-state index contributed by atoms with van der Waals surface area (Å²) in [6.45, 7) is 14.4. The van der Waals surface area contributed by atoms with Crippen LogP contribution in [0.2, 0.25) is 0 Å². The number of fused-ring (bicyclic) bond motifs is 7. The Morgan fingerprint density at radius 2 is 1.68 bits per heavy atom. The SMILES string of the molecule is C[C@H]1CC[C@@]2(OC1)O[C@H]1C[C@H]3[C@@H]4CC[C@@H]5CC(NC(=O)CC(=O)N6CCN(CCO)CC6)CC[C@]5(C)[C@H]4CC[C@]3(C)[C@H]1[C@@H]2C. The smallest absolute Gasteiger partial charge is 0.232 e. The number of nitrogens with one attached hydrogen (secondary N) is 1. The number of β-amino-alcohol motifs (C(OH)–C–C–N with tert-alkyl or cyclic N) is 1. The molecule has 3 heterocycles. The molecule has 7 rings (SSSR count). The molecule has 7 fully saturated rings. The number of ether oxygens (including phenoxy) is 2. The van der Waals surface area contributed by atoms with E-state index in [4.69, 9.17) is 14.6 Å². The number of aliphatic hydroxyl groups excluding tert-OH is 1. The molecule has 8 heteroatoms. The number of rotatable bonds is 5. The fraction of sp³-hybridized carbons (Fsp3) is 0.944. The average molecular weight is 614 g/mol. The molecule has 4 aliphatic carbocycles. The number of piperazine rings is 1. The van der Waals surface area contributed by atoms with Gasteiger partial charge in [0.05, 0.1) is 19.3 Å². The summed E-state index contributed by atoms with van der Waals surface area (Å²) in [5.74, 6) is 4.20. The molecule has 44 heavy (non-hydrogen) atoms. The van der Waals surface area contributed by atoms with Gasteiger partial charge in [0, 0.05) is 51.1 Å². The highest BCUT2D eigenvalue weighted by Crippen LogP contribution is 2.71. The zero-order valence-corrected chi connectivity index (χ0v) is 27.9. The van der Waals surface area contributed by atoms with E-state index in [1.54, 1.807) is 0 Å². The Labute approximate surface area is 265 Å². The molecular formula is C36H59N3O5. The molecule has 2 amide bonds. The van der Waals surface area contributed by atoms with Crippen LogP contribution in [0.1, 0.15) is 98.3 Å². The van der Waals surface area contributed by atoms with Crippen LogP contribution in [-0.2, 0) is 19.1 Å². The first-order valence-corrected chi connectivity index (χ1v) is 18.3. The van der Waals surface area contributed by atoms with E-state index in [1.165, 1.54) is 44.9 Å². The predicted molar refractivity (Wildman–Crippen MR) is 168 cm³/mol. The van der Waals surface area contributed by atoms with Gasteiger partial charge in [0.25, 0.3) is 0 Å². The highest BCUT2D eigenvalue weighted by Gasteiger charge is 2.69. The summed E-state index contributed by atoms with van der Waals surface area (Å²) in [7, 11) is 0. The van der Waals surface area contributed by atoms with Gasteiger partial charge in [-0.2, -0.15) is 0 Å². The van der Waals surface area contributed by atoms with Crippen molar-refractivity contribution in [2.75, 3.05) is 45.9 Å². The van der Waals surface area contributed by atoms with Crippen LogP contribution in [0, 0.1) is 52.3 Å². The topological polar surface area (TPSA) is 91.3 Å². The second-order valence-electron chi connectivity index (χ2n) is 16.8. The van der Waals surface area contributed by atoms with Crippen molar-refractivity contribution in [3.63, 3.8) is 0 Å². The van der Waals surface area contributed by atoms with Crippen LogP contribution >= 0.6 is 0 Å². The third-order valence-corrected chi connectivity index (χ3v) is 14.8. The summed E-state index contributed by atoms with van der Waals surface area (Å²) in [4.78, 5) is 29.8. The summed E-state index contributed by atoms with van der Waals surface area (Å²) in [5, 5.41) is 12.4. The van der Waals surface area contributed by atoms with E-state index in [0.29, 0.717) is 60.2 Å². The Morgan fingerprint density at radius 1 is 0.909 bits per heavy atom. The van der Waals surface area contributed by atoms with Gasteiger partial charge in [-0.25, -0.2) is 0 Å². The number of carbonyl (C=O) groups is 2. The van der Waals surface area contributed by atoms with Crippen LogP contribution in [0.5, 0.6) is 0 Å². The molecule has 0 radical (unpaired) electrons. The van der Waals surface area contributed by atoms with Crippen LogP contribution in [0.4, 0.5) is 0 Å². The van der Waals surface area contributed by atoms with Gasteiger partial charge in [0.15, 0.2) is 5.79 Å². The molecule has 0 aromatic heterocycles. The lowest BCUT2D eigenvalue weighted by atomic mass is 9.44. The number of hydrogen-bond donors (Lipinski definition) is 2. The van der Waals surface area contributed by atoms with Crippen molar-refractivity contribution in [3.05, 3.63) is 0 Å². The monoisotopic (exact) mass is 613 g/mol. The molecule has 3 aliphatic heterocycles. The molecule has 1 unspecified atom stereocenters. The highest BCUT2D eigenvalue weighted by molar-refractivity contribution is 5.97. The first-order chi connectivity index (χ1) is 21.1. The van der Waals surface area contributed by atoms with Gasteiger partial charge in [0.1, 0.15) is 6.42 Å². The third-order valence-electron chi connectivity index (χ3n) is 14.8. The van der Waals surface area contributed by atoms with Gasteiger partial charge in [-0.3, -0.25) is 14.5 Å². The van der Waals surface area contributed by atoms with Gasteiger partial charge in [0.2, 0.25) is 11.8 Å². The predicted octanol–water partition coefficient (Wildman–Crippen LogP) is 4.44. The molecular weight excluding hydrogens is 554 g/mol. The maximum absolute atomic E-state index is 13.0. The molecule has 0 aromatic carbocycles. The standard InChI is InChI=1S/C36H59N3O5/c1-23-7-12-36(43-22-23)24(2)33-30(44-36)20-29-27-6-5-25-19-26(8-10-34(25,3)28(27)9-11-35(29,33)4)37-31(41)21-32(42)39-15-13-38(14-16-39)17-18-40/h23-30,33,40H,5-22H2,1-4H3,(H,37,41)/t23-,24-,25+,26?,27+,28-,29-,30-,33-,34-,35-,36+/m0/s1. The zero-order valence-electron chi connectivity index (χ0n) is 27.9. The Balaban J connectivity index is 0.943. The minimum Gasteiger partial charge on any atom is -0.395 e. The second-order valence-corrected chi connectivity index (χ2v) is 16.8. The molecule has 8 nitrogen and oxygen atoms in total. The first-order valence-electron chi connectivity index (χ1n) is 18.3. The molecule has 1 spiro atoms. The van der Waals surface area contributed by atoms with Crippen LogP contribution < -0.4 is 5.32 Å². The average Bonchev–Trinajstić information content (AvgIpc) is 3.45. The summed E-state index contributed by atoms with van der Waals surface area (Å²) in [6, 6.07) is 0.190. The van der Waals surface area contributed by atoms with E-state index in [0.717, 1.165) is 56.7 Å². The summed E-state index contributed by atoms with van der Waals surface area (Å²) in [6.07, 6.45) is 12.3. The van der Waals surface area contributed by atoms with Crippen LogP contribution in [-0.4, -0.2) is 90.6 Å². The van der Waals surface area contributed by atoms with Crippen molar-refractivity contribution in [1.82, 2.24) is 15.1 Å². The van der Waals surface area contributed by atoms with E-state index < -0.39 is 0 Å². The highest BCUT2D eigenvalue weighted by atomic mass is 16.7. The van der Waals surface area contributed by atoms with Gasteiger partial charge < -0.3 is 24.8 Å². The molecule has 2 N–H and O–H groups in total. The van der Waals surface area contributed by atoms with E-state index in [9.17, 15) is 9.59 Å². The lowest BCUT2D eigenvalue weighted by molar-refractivity contribution is -0.273. The van der Waals surface area contributed by atoms with Crippen molar-refractivity contribution in [2.24, 2.45) is 52.3 Å². The van der Waals surface area contributed by atoms with Crippen molar-refractivity contribution < 1.29 is 24.2 Å². The van der Waals surface area contributed by atoms with E-state index >= 15 is 0 Å². The number of amides is 2. The second kappa shape index (κ2) is 11.8. The Kier molecular flexibility index (Phi) is 8.41. The van der Waals surface area contributed by atoms with E-state index in [2.05, 4.69) is 37.9 Å². The normalized spacial score (nSPS) is 48.8. The summed E-state index contributed by atoms with van der Waals surface area (Å²) >= 11 is 0. The molecule has 12 atom stereocenters. The van der Waals surface area contributed by atoms with Gasteiger partial charge in [-0.1, -0.05) is 27.7 Å². The maximum atomic E-state index is 13.0. The minimum atomic E-state index is -0.334. The number of nitrogens with zero attached hydrogens (tertiary/aromatic N) is 2. The van der Waals surface area contributed by atoms with Crippen LogP contribution in [0.3, 0.4) is 0 Å². The summed E-state index contributed by atoms with van der Waals surface area (Å²) < 4.78 is 13.5. The van der Waals surface area contributed by atoms with Gasteiger partial charge in [-0.05, 0) is 104 Å². The fourth-order valence-corrected chi connectivity index (χ4v) is 12.3. The van der Waals surface area contributed by atoms with Crippen molar-refractivity contribution in [2.45, 2.75) is 116 Å². The first kappa shape index (κ1) is 31.4. The molecule has 3 saturated heterocycles. The summed E-state index contributed by atoms with van der Waals surface area (Å²) in [5.41, 5.74) is 0.705. The van der Waals surface area contributed by atoms with Gasteiger partial charge >= 0.3 is 0 Å². The van der Waals surface area contributed by atoms with Gasteiger partial charge in [-0.15, -0.1) is 0 Å². The van der Waals surface area contributed by atoms with E-state index in [1.807, 2.05) is 4.90 Å². The number of carbonyl (C=O) groups excluding carboxylic acids is 2. The van der Waals surface area contributed by atoms with Crippen LogP contribution in [0.25, 0.3) is 0 Å². The third kappa shape index (κ3) is 5.16.